The first kappa shape index (κ1) is 23.5. The van der Waals surface area contributed by atoms with Gasteiger partial charge < -0.3 is 19.7 Å². The molecule has 1 amide bonds. The number of nitrogens with zero attached hydrogens (tertiary/aromatic N) is 3. The highest BCUT2D eigenvalue weighted by atomic mass is 16.5. The first-order valence-electron chi connectivity index (χ1n) is 11.6. The van der Waals surface area contributed by atoms with Gasteiger partial charge in [-0.25, -0.2) is 9.97 Å². The fraction of sp³-hybridized carbons (Fsp3) is 0.370. The summed E-state index contributed by atoms with van der Waals surface area (Å²) in [6.07, 6.45) is 5.28. The summed E-state index contributed by atoms with van der Waals surface area (Å²) >= 11 is 0. The molecule has 0 saturated carbocycles. The van der Waals surface area contributed by atoms with Gasteiger partial charge in [-0.05, 0) is 62.5 Å². The molecule has 0 radical (unpaired) electrons. The molecular formula is C27H30N4O3. The van der Waals surface area contributed by atoms with Gasteiger partial charge in [-0.3, -0.25) is 4.79 Å². The van der Waals surface area contributed by atoms with E-state index in [0.717, 1.165) is 41.7 Å². The van der Waals surface area contributed by atoms with Crippen molar-refractivity contribution in [2.75, 3.05) is 40.4 Å². The summed E-state index contributed by atoms with van der Waals surface area (Å²) in [5.74, 6) is 7.45. The largest absolute Gasteiger partial charge is 0.493 e. The lowest BCUT2D eigenvalue weighted by Gasteiger charge is -2.26. The highest BCUT2D eigenvalue weighted by molar-refractivity contribution is 5.94. The number of ether oxygens (including phenoxy) is 2. The zero-order chi connectivity index (χ0) is 23.9. The third-order valence-corrected chi connectivity index (χ3v) is 6.12. The van der Waals surface area contributed by atoms with Crippen molar-refractivity contribution in [3.63, 3.8) is 0 Å². The second-order valence-corrected chi connectivity index (χ2v) is 8.38. The lowest BCUT2D eigenvalue weighted by Crippen LogP contribution is -2.37. The number of hydrogen-bond acceptors (Lipinski definition) is 6. The summed E-state index contributed by atoms with van der Waals surface area (Å²) in [7, 11) is 3.18. The van der Waals surface area contributed by atoms with E-state index in [2.05, 4.69) is 32.0 Å². The van der Waals surface area contributed by atoms with Crippen molar-refractivity contribution in [1.29, 1.82) is 0 Å². The van der Waals surface area contributed by atoms with E-state index in [1.807, 2.05) is 31.2 Å². The van der Waals surface area contributed by atoms with Crippen LogP contribution in [-0.4, -0.2) is 61.2 Å². The van der Waals surface area contributed by atoms with Gasteiger partial charge in [0.25, 0.3) is 5.91 Å². The van der Waals surface area contributed by atoms with Crippen LogP contribution in [0.3, 0.4) is 0 Å². The monoisotopic (exact) mass is 458 g/mol. The van der Waals surface area contributed by atoms with Gasteiger partial charge in [0, 0.05) is 35.7 Å². The predicted molar refractivity (Wildman–Crippen MR) is 132 cm³/mol. The minimum absolute atomic E-state index is 0.0793. The van der Waals surface area contributed by atoms with Crippen LogP contribution in [0.25, 0.3) is 10.9 Å². The Bertz CT molecular complexity index is 1240. The molecule has 1 aliphatic heterocycles. The van der Waals surface area contributed by atoms with Gasteiger partial charge in [0.15, 0.2) is 11.5 Å². The molecule has 0 bridgehead atoms. The molecular weight excluding hydrogens is 428 g/mol. The number of piperidine rings is 1. The SMILES string of the molecule is COc1cc2ncnc(C#Cc3cc(C(=O)NCCN4CCCCC4)ccc3C)c2cc1OC. The van der Waals surface area contributed by atoms with Crippen molar-refractivity contribution in [1.82, 2.24) is 20.2 Å². The maximum Gasteiger partial charge on any atom is 0.251 e. The van der Waals surface area contributed by atoms with Crippen LogP contribution in [0.2, 0.25) is 0 Å². The molecule has 1 aromatic heterocycles. The molecule has 7 nitrogen and oxygen atoms in total. The number of carbonyl (C=O) groups is 1. The van der Waals surface area contributed by atoms with E-state index in [-0.39, 0.29) is 5.91 Å². The van der Waals surface area contributed by atoms with Crippen LogP contribution in [0.1, 0.15) is 46.4 Å². The molecule has 176 valence electrons. The minimum atomic E-state index is -0.0793. The van der Waals surface area contributed by atoms with E-state index < -0.39 is 0 Å². The Labute approximate surface area is 200 Å². The van der Waals surface area contributed by atoms with Crippen LogP contribution in [0, 0.1) is 18.8 Å². The van der Waals surface area contributed by atoms with Crippen LogP contribution in [0.4, 0.5) is 0 Å². The van der Waals surface area contributed by atoms with Crippen molar-refractivity contribution in [3.8, 4) is 23.3 Å². The maximum absolute atomic E-state index is 12.7. The van der Waals surface area contributed by atoms with Gasteiger partial charge in [-0.15, -0.1) is 0 Å². The van der Waals surface area contributed by atoms with E-state index in [1.54, 1.807) is 20.3 Å². The van der Waals surface area contributed by atoms with Crippen molar-refractivity contribution < 1.29 is 14.3 Å². The average Bonchev–Trinajstić information content (AvgIpc) is 2.87. The summed E-state index contributed by atoms with van der Waals surface area (Å²) in [6.45, 7) is 5.76. The zero-order valence-electron chi connectivity index (χ0n) is 20.0. The number of nitrogens with one attached hydrogen (secondary N) is 1. The van der Waals surface area contributed by atoms with Crippen LogP contribution in [0.5, 0.6) is 11.5 Å². The minimum Gasteiger partial charge on any atom is -0.493 e. The van der Waals surface area contributed by atoms with Gasteiger partial charge in [-0.1, -0.05) is 18.4 Å². The first-order chi connectivity index (χ1) is 16.6. The number of hydrogen-bond donors (Lipinski definition) is 1. The van der Waals surface area contributed by atoms with Crippen molar-refractivity contribution in [2.24, 2.45) is 0 Å². The lowest BCUT2D eigenvalue weighted by atomic mass is 10.0. The van der Waals surface area contributed by atoms with Crippen molar-refractivity contribution >= 4 is 16.8 Å². The fourth-order valence-corrected chi connectivity index (χ4v) is 4.12. The van der Waals surface area contributed by atoms with Gasteiger partial charge in [0.2, 0.25) is 0 Å². The zero-order valence-corrected chi connectivity index (χ0v) is 20.0. The highest BCUT2D eigenvalue weighted by Gasteiger charge is 2.12. The van der Waals surface area contributed by atoms with Gasteiger partial charge in [0.05, 0.1) is 19.7 Å². The van der Waals surface area contributed by atoms with Crippen LogP contribution in [0.15, 0.2) is 36.7 Å². The summed E-state index contributed by atoms with van der Waals surface area (Å²) in [4.78, 5) is 23.8. The molecule has 0 unspecified atom stereocenters. The summed E-state index contributed by atoms with van der Waals surface area (Å²) < 4.78 is 10.8. The van der Waals surface area contributed by atoms with E-state index in [9.17, 15) is 4.79 Å². The Balaban J connectivity index is 1.53. The van der Waals surface area contributed by atoms with Crippen molar-refractivity contribution in [3.05, 3.63) is 59.0 Å². The number of amides is 1. The molecule has 1 fully saturated rings. The van der Waals surface area contributed by atoms with Gasteiger partial charge >= 0.3 is 0 Å². The van der Waals surface area contributed by atoms with Crippen LogP contribution < -0.4 is 14.8 Å². The molecule has 2 heterocycles. The van der Waals surface area contributed by atoms with E-state index in [0.29, 0.717) is 29.3 Å². The average molecular weight is 459 g/mol. The molecule has 2 aromatic carbocycles. The topological polar surface area (TPSA) is 76.6 Å². The Hall–Kier alpha value is -3.63. The number of likely N-dealkylation sites (tertiary alicyclic amines) is 1. The molecule has 0 atom stereocenters. The molecule has 1 N–H and O–H groups in total. The number of aryl methyl sites for hydroxylation is 1. The smallest absolute Gasteiger partial charge is 0.251 e. The Morgan fingerprint density at radius 3 is 2.56 bits per heavy atom. The number of rotatable bonds is 6. The van der Waals surface area contributed by atoms with Gasteiger partial charge in [0.1, 0.15) is 12.0 Å². The highest BCUT2D eigenvalue weighted by Crippen LogP contribution is 2.32. The number of aromatic nitrogens is 2. The molecule has 3 aromatic rings. The second-order valence-electron chi connectivity index (χ2n) is 8.38. The first-order valence-corrected chi connectivity index (χ1v) is 11.6. The Kier molecular flexibility index (Phi) is 7.61. The molecule has 4 rings (SSSR count). The molecule has 0 spiro atoms. The summed E-state index contributed by atoms with van der Waals surface area (Å²) in [5, 5.41) is 3.81. The number of benzene rings is 2. The molecule has 1 aliphatic rings. The number of methoxy groups -OCH3 is 2. The molecule has 0 aliphatic carbocycles. The summed E-state index contributed by atoms with van der Waals surface area (Å²) in [6, 6.07) is 9.24. The number of carbonyl (C=O) groups excluding carboxylic acids is 1. The molecule has 1 saturated heterocycles. The third kappa shape index (κ3) is 5.46. The number of fused-ring (bicyclic) bond motifs is 1. The van der Waals surface area contributed by atoms with E-state index >= 15 is 0 Å². The lowest BCUT2D eigenvalue weighted by molar-refractivity contribution is 0.0946. The Morgan fingerprint density at radius 1 is 1.03 bits per heavy atom. The van der Waals surface area contributed by atoms with Crippen molar-refractivity contribution in [2.45, 2.75) is 26.2 Å². The van der Waals surface area contributed by atoms with E-state index in [4.69, 9.17) is 9.47 Å². The maximum atomic E-state index is 12.7. The molecule has 34 heavy (non-hydrogen) atoms. The summed E-state index contributed by atoms with van der Waals surface area (Å²) in [5.41, 5.74) is 3.69. The predicted octanol–water partition coefficient (Wildman–Crippen LogP) is 3.57. The molecule has 7 heteroatoms. The van der Waals surface area contributed by atoms with Gasteiger partial charge in [-0.2, -0.15) is 0 Å². The van der Waals surface area contributed by atoms with Crippen LogP contribution >= 0.6 is 0 Å². The second kappa shape index (κ2) is 11.0. The third-order valence-electron chi connectivity index (χ3n) is 6.12. The standard InChI is InChI=1S/C27H30N4O3/c1-19-7-8-21(27(32)28-11-14-31-12-5-4-6-13-31)15-20(19)9-10-23-22-16-25(33-2)26(34-3)17-24(22)30-18-29-23/h7-8,15-18H,4-6,11-14H2,1-3H3,(H,28,32). The van der Waals surface area contributed by atoms with Crippen LogP contribution in [-0.2, 0) is 0 Å². The normalized spacial score (nSPS) is 13.7. The van der Waals surface area contributed by atoms with E-state index in [1.165, 1.54) is 25.6 Å². The Morgan fingerprint density at radius 2 is 1.79 bits per heavy atom. The fourth-order valence-electron chi connectivity index (χ4n) is 4.12. The quantitative estimate of drug-likeness (QED) is 0.569.